The van der Waals surface area contributed by atoms with Crippen molar-refractivity contribution in [3.05, 3.63) is 53.2 Å². The van der Waals surface area contributed by atoms with E-state index in [1.165, 1.54) is 12.1 Å². The lowest BCUT2D eigenvalue weighted by Crippen LogP contribution is -2.50. The summed E-state index contributed by atoms with van der Waals surface area (Å²) in [4.78, 5) is 30.2. The molecule has 1 aliphatic carbocycles. The molecule has 1 aromatic heterocycles. The molecule has 0 unspecified atom stereocenters. The zero-order chi connectivity index (χ0) is 18.8. The third-order valence-electron chi connectivity index (χ3n) is 4.98. The third-order valence-corrected chi connectivity index (χ3v) is 6.07. The van der Waals surface area contributed by atoms with Crippen molar-refractivity contribution in [3.63, 3.8) is 0 Å². The Hall–Kier alpha value is -2.47. The van der Waals surface area contributed by atoms with E-state index in [-0.39, 0.29) is 23.5 Å². The molecule has 0 atom stereocenters. The summed E-state index contributed by atoms with van der Waals surface area (Å²) in [5, 5.41) is 0. The van der Waals surface area contributed by atoms with Gasteiger partial charge in [-0.25, -0.2) is 4.39 Å². The fourth-order valence-electron chi connectivity index (χ4n) is 3.21. The number of amides is 2. The largest absolute Gasteiger partial charge is 0.339 e. The van der Waals surface area contributed by atoms with Gasteiger partial charge in [0.25, 0.3) is 0 Å². The van der Waals surface area contributed by atoms with E-state index in [4.69, 9.17) is 0 Å². The fourth-order valence-corrected chi connectivity index (χ4v) is 4.12. The van der Waals surface area contributed by atoms with Crippen molar-refractivity contribution in [2.75, 3.05) is 26.2 Å². The molecule has 2 fully saturated rings. The molecule has 0 radical (unpaired) electrons. The van der Waals surface area contributed by atoms with Crippen LogP contribution in [0.25, 0.3) is 16.5 Å². The first kappa shape index (κ1) is 17.9. The maximum atomic E-state index is 13.0. The Balaban J connectivity index is 1.32. The summed E-state index contributed by atoms with van der Waals surface area (Å²) in [6.45, 7) is 2.44. The van der Waals surface area contributed by atoms with Crippen LogP contribution in [-0.4, -0.2) is 47.8 Å². The minimum Gasteiger partial charge on any atom is -0.339 e. The topological polar surface area (TPSA) is 40.6 Å². The smallest absolute Gasteiger partial charge is 0.246 e. The van der Waals surface area contributed by atoms with Gasteiger partial charge in [0.2, 0.25) is 11.8 Å². The number of piperazine rings is 1. The summed E-state index contributed by atoms with van der Waals surface area (Å²) in [7, 11) is 0. The number of nitrogens with zero attached hydrogens (tertiary/aromatic N) is 2. The van der Waals surface area contributed by atoms with Crippen LogP contribution in [0.2, 0.25) is 0 Å². The molecule has 140 valence electrons. The normalized spacial score (nSPS) is 17.5. The highest BCUT2D eigenvalue weighted by Gasteiger charge is 2.34. The average Bonchev–Trinajstić information content (AvgIpc) is 3.44. The first-order valence-corrected chi connectivity index (χ1v) is 10.0. The molecule has 2 amide bonds. The van der Waals surface area contributed by atoms with Gasteiger partial charge >= 0.3 is 0 Å². The van der Waals surface area contributed by atoms with Crippen LogP contribution in [0.15, 0.2) is 42.5 Å². The molecule has 1 aromatic carbocycles. The van der Waals surface area contributed by atoms with Gasteiger partial charge in [0.15, 0.2) is 0 Å². The molecule has 1 saturated carbocycles. The van der Waals surface area contributed by atoms with E-state index in [0.717, 1.165) is 28.2 Å². The summed E-state index contributed by atoms with van der Waals surface area (Å²) in [5.41, 5.74) is 0.962. The number of hydrogen-bond donors (Lipinski definition) is 0. The Kier molecular flexibility index (Phi) is 5.07. The first-order valence-electron chi connectivity index (χ1n) is 9.22. The van der Waals surface area contributed by atoms with E-state index in [2.05, 4.69) is 0 Å². The van der Waals surface area contributed by atoms with E-state index in [9.17, 15) is 14.0 Å². The van der Waals surface area contributed by atoms with Crippen LogP contribution in [0.5, 0.6) is 0 Å². The van der Waals surface area contributed by atoms with E-state index < -0.39 is 0 Å². The van der Waals surface area contributed by atoms with Crippen LogP contribution in [0.3, 0.4) is 0 Å². The minimum absolute atomic E-state index is 0.0229. The Labute approximate surface area is 161 Å². The highest BCUT2D eigenvalue weighted by Crippen LogP contribution is 2.31. The molecule has 2 aliphatic rings. The molecule has 1 aliphatic heterocycles. The number of benzene rings is 1. The summed E-state index contributed by atoms with van der Waals surface area (Å²) >= 11 is 1.56. The lowest BCUT2D eigenvalue weighted by atomic mass is 10.2. The molecule has 1 saturated heterocycles. The van der Waals surface area contributed by atoms with Gasteiger partial charge < -0.3 is 9.80 Å². The zero-order valence-corrected chi connectivity index (χ0v) is 15.8. The van der Waals surface area contributed by atoms with E-state index >= 15 is 0 Å². The summed E-state index contributed by atoms with van der Waals surface area (Å²) in [6, 6.07) is 10.3. The van der Waals surface area contributed by atoms with Gasteiger partial charge in [-0.05, 0) is 48.7 Å². The molecule has 6 heteroatoms. The highest BCUT2D eigenvalue weighted by molar-refractivity contribution is 7.16. The predicted octanol–water partition coefficient (Wildman–Crippen LogP) is 3.65. The second-order valence-corrected chi connectivity index (χ2v) is 8.08. The Morgan fingerprint density at radius 3 is 2.30 bits per heavy atom. The van der Waals surface area contributed by atoms with E-state index in [0.29, 0.717) is 26.2 Å². The Bertz CT molecular complexity index is 863. The van der Waals surface area contributed by atoms with Crippen LogP contribution in [0, 0.1) is 11.7 Å². The van der Waals surface area contributed by atoms with Crippen LogP contribution in [-0.2, 0) is 9.59 Å². The number of rotatable bonds is 4. The van der Waals surface area contributed by atoms with Gasteiger partial charge in [-0.15, -0.1) is 11.3 Å². The molecule has 0 spiro atoms. The summed E-state index contributed by atoms with van der Waals surface area (Å²) < 4.78 is 13.0. The molecule has 4 rings (SSSR count). The monoisotopic (exact) mass is 384 g/mol. The zero-order valence-electron chi connectivity index (χ0n) is 14.9. The quantitative estimate of drug-likeness (QED) is 0.755. The SMILES string of the molecule is O=C(C=Cc1ccc(-c2ccc(F)cc2)s1)N1CCN(C(=O)C2CC2)CC1. The molecule has 27 heavy (non-hydrogen) atoms. The molecular weight excluding hydrogens is 363 g/mol. The predicted molar refractivity (Wildman–Crippen MR) is 105 cm³/mol. The van der Waals surface area contributed by atoms with Crippen LogP contribution in [0.4, 0.5) is 4.39 Å². The Morgan fingerprint density at radius 2 is 1.63 bits per heavy atom. The molecule has 0 bridgehead atoms. The molecule has 4 nitrogen and oxygen atoms in total. The van der Waals surface area contributed by atoms with E-state index in [1.807, 2.05) is 23.1 Å². The maximum Gasteiger partial charge on any atom is 0.246 e. The molecule has 2 heterocycles. The van der Waals surface area contributed by atoms with Crippen molar-refractivity contribution in [2.45, 2.75) is 12.8 Å². The van der Waals surface area contributed by atoms with Crippen molar-refractivity contribution in [1.82, 2.24) is 9.80 Å². The van der Waals surface area contributed by atoms with Crippen LogP contribution >= 0.6 is 11.3 Å². The molecule has 0 N–H and O–H groups in total. The van der Waals surface area contributed by atoms with Crippen molar-refractivity contribution in [2.24, 2.45) is 5.92 Å². The van der Waals surface area contributed by atoms with E-state index in [1.54, 1.807) is 34.4 Å². The van der Waals surface area contributed by atoms with Gasteiger partial charge in [-0.1, -0.05) is 12.1 Å². The minimum atomic E-state index is -0.250. The lowest BCUT2D eigenvalue weighted by Gasteiger charge is -2.34. The van der Waals surface area contributed by atoms with Gasteiger partial charge in [0.05, 0.1) is 0 Å². The van der Waals surface area contributed by atoms with Gasteiger partial charge in [-0.3, -0.25) is 9.59 Å². The van der Waals surface area contributed by atoms with Gasteiger partial charge in [-0.2, -0.15) is 0 Å². The third kappa shape index (κ3) is 4.27. The molecule has 2 aromatic rings. The van der Waals surface area contributed by atoms with Gasteiger partial charge in [0.1, 0.15) is 5.82 Å². The van der Waals surface area contributed by atoms with Crippen LogP contribution in [0.1, 0.15) is 17.7 Å². The number of carbonyl (C=O) groups excluding carboxylic acids is 2. The highest BCUT2D eigenvalue weighted by atomic mass is 32.1. The van der Waals surface area contributed by atoms with Crippen molar-refractivity contribution < 1.29 is 14.0 Å². The average molecular weight is 384 g/mol. The summed E-state index contributed by atoms with van der Waals surface area (Å²) in [6.07, 6.45) is 5.45. The number of carbonyl (C=O) groups is 2. The maximum absolute atomic E-state index is 13.0. The van der Waals surface area contributed by atoms with Gasteiger partial charge in [0, 0.05) is 47.9 Å². The number of hydrogen-bond acceptors (Lipinski definition) is 3. The van der Waals surface area contributed by atoms with Crippen molar-refractivity contribution in [1.29, 1.82) is 0 Å². The fraction of sp³-hybridized carbons (Fsp3) is 0.333. The standard InChI is InChI=1S/C21H21FN2O2S/c22-17-5-3-15(4-6-17)19-9-7-18(27-19)8-10-20(25)23-11-13-24(14-12-23)21(26)16-1-2-16/h3-10,16H,1-2,11-14H2. The number of thiophene rings is 1. The van der Waals surface area contributed by atoms with Crippen molar-refractivity contribution in [3.8, 4) is 10.4 Å². The Morgan fingerprint density at radius 1 is 0.963 bits per heavy atom. The van der Waals surface area contributed by atoms with Crippen LogP contribution < -0.4 is 0 Å². The molecular formula is C21H21FN2O2S. The lowest BCUT2D eigenvalue weighted by molar-refractivity contribution is -0.138. The second-order valence-electron chi connectivity index (χ2n) is 6.97. The first-order chi connectivity index (χ1) is 13.1. The second kappa shape index (κ2) is 7.64. The summed E-state index contributed by atoms with van der Waals surface area (Å²) in [5.74, 6) is 0.219. The number of halogens is 1. The van der Waals surface area contributed by atoms with Crippen molar-refractivity contribution >= 4 is 29.2 Å².